The Morgan fingerprint density at radius 2 is 2.07 bits per heavy atom. The van der Waals surface area contributed by atoms with Gasteiger partial charge in [0.25, 0.3) is 0 Å². The summed E-state index contributed by atoms with van der Waals surface area (Å²) in [5.41, 5.74) is 1.64. The molecule has 0 spiro atoms. The van der Waals surface area contributed by atoms with Gasteiger partial charge in [-0.05, 0) is 32.4 Å². The van der Waals surface area contributed by atoms with Crippen molar-refractivity contribution in [2.45, 2.75) is 19.3 Å². The molecule has 0 aromatic carbocycles. The van der Waals surface area contributed by atoms with Gasteiger partial charge in [0.15, 0.2) is 0 Å². The molecule has 3 nitrogen and oxygen atoms in total. The van der Waals surface area contributed by atoms with Crippen molar-refractivity contribution in [3.8, 4) is 0 Å². The van der Waals surface area contributed by atoms with E-state index in [1.807, 2.05) is 0 Å². The normalized spacial score (nSPS) is 27.9. The smallest absolute Gasteiger partial charge is 0.0594 e. The van der Waals surface area contributed by atoms with Crippen molar-refractivity contribution < 1.29 is 4.74 Å². The summed E-state index contributed by atoms with van der Waals surface area (Å²) in [7, 11) is 0. The van der Waals surface area contributed by atoms with E-state index in [1.54, 1.807) is 5.57 Å². The second-order valence-electron chi connectivity index (χ2n) is 4.38. The van der Waals surface area contributed by atoms with Gasteiger partial charge < -0.3 is 10.1 Å². The van der Waals surface area contributed by atoms with Crippen molar-refractivity contribution in [2.75, 3.05) is 45.9 Å². The standard InChI is InChI=1S/C12H22N2O/c1-2-12(3-6-13-5-1)4-7-14-8-10-15-11-9-14/h4,13H,1-3,5-11H2/b12-4+. The van der Waals surface area contributed by atoms with E-state index in [-0.39, 0.29) is 0 Å². The Morgan fingerprint density at radius 1 is 1.20 bits per heavy atom. The maximum atomic E-state index is 5.34. The molecule has 15 heavy (non-hydrogen) atoms. The third-order valence-electron chi connectivity index (χ3n) is 3.22. The highest BCUT2D eigenvalue weighted by atomic mass is 16.5. The predicted molar refractivity (Wildman–Crippen MR) is 62.1 cm³/mol. The van der Waals surface area contributed by atoms with E-state index in [2.05, 4.69) is 16.3 Å². The fraction of sp³-hybridized carbons (Fsp3) is 0.833. The zero-order valence-electron chi connectivity index (χ0n) is 9.50. The SMILES string of the molecule is C(/CN1CCOCC1)=C1/CCCNCC1. The third-order valence-corrected chi connectivity index (χ3v) is 3.22. The topological polar surface area (TPSA) is 24.5 Å². The van der Waals surface area contributed by atoms with E-state index in [0.29, 0.717) is 0 Å². The van der Waals surface area contributed by atoms with Crippen LogP contribution in [0, 0.1) is 0 Å². The van der Waals surface area contributed by atoms with Gasteiger partial charge in [-0.3, -0.25) is 4.90 Å². The third kappa shape index (κ3) is 3.93. The first-order valence-corrected chi connectivity index (χ1v) is 6.14. The largest absolute Gasteiger partial charge is 0.379 e. The first-order valence-electron chi connectivity index (χ1n) is 6.14. The van der Waals surface area contributed by atoms with E-state index in [4.69, 9.17) is 4.74 Å². The number of morpholine rings is 1. The molecule has 0 aromatic heterocycles. The van der Waals surface area contributed by atoms with Crippen molar-refractivity contribution in [2.24, 2.45) is 0 Å². The Morgan fingerprint density at radius 3 is 2.93 bits per heavy atom. The Bertz CT molecular complexity index is 200. The second kappa shape index (κ2) is 6.26. The van der Waals surface area contributed by atoms with Crippen molar-refractivity contribution in [1.29, 1.82) is 0 Å². The summed E-state index contributed by atoms with van der Waals surface area (Å²) in [5, 5.41) is 3.44. The molecular formula is C12H22N2O. The van der Waals surface area contributed by atoms with Crippen molar-refractivity contribution in [3.63, 3.8) is 0 Å². The number of hydrogen-bond acceptors (Lipinski definition) is 3. The molecular weight excluding hydrogens is 188 g/mol. The molecule has 1 N–H and O–H groups in total. The average molecular weight is 210 g/mol. The molecule has 0 bridgehead atoms. The number of ether oxygens (including phenoxy) is 1. The highest BCUT2D eigenvalue weighted by molar-refractivity contribution is 5.05. The molecule has 2 aliphatic rings. The summed E-state index contributed by atoms with van der Waals surface area (Å²) in [6, 6.07) is 0. The molecule has 2 heterocycles. The molecule has 2 saturated heterocycles. The second-order valence-corrected chi connectivity index (χ2v) is 4.38. The molecule has 2 aliphatic heterocycles. The fourth-order valence-corrected chi connectivity index (χ4v) is 2.19. The summed E-state index contributed by atoms with van der Waals surface area (Å²) in [5.74, 6) is 0. The van der Waals surface area contributed by atoms with Crippen LogP contribution in [0.25, 0.3) is 0 Å². The van der Waals surface area contributed by atoms with Crippen LogP contribution in [0.1, 0.15) is 19.3 Å². The Kier molecular flexibility index (Phi) is 4.64. The van der Waals surface area contributed by atoms with Crippen LogP contribution in [0.3, 0.4) is 0 Å². The van der Waals surface area contributed by atoms with E-state index in [1.165, 1.54) is 25.8 Å². The van der Waals surface area contributed by atoms with Crippen LogP contribution in [0.2, 0.25) is 0 Å². The van der Waals surface area contributed by atoms with E-state index in [9.17, 15) is 0 Å². The Hall–Kier alpha value is -0.380. The van der Waals surface area contributed by atoms with Crippen molar-refractivity contribution >= 4 is 0 Å². The monoisotopic (exact) mass is 210 g/mol. The number of rotatable bonds is 2. The van der Waals surface area contributed by atoms with Crippen LogP contribution in [0.5, 0.6) is 0 Å². The van der Waals surface area contributed by atoms with E-state index >= 15 is 0 Å². The van der Waals surface area contributed by atoms with Crippen LogP contribution in [-0.4, -0.2) is 50.8 Å². The molecule has 3 heteroatoms. The lowest BCUT2D eigenvalue weighted by atomic mass is 10.1. The minimum Gasteiger partial charge on any atom is -0.379 e. The van der Waals surface area contributed by atoms with Gasteiger partial charge >= 0.3 is 0 Å². The summed E-state index contributed by atoms with van der Waals surface area (Å²) in [6.07, 6.45) is 6.27. The maximum Gasteiger partial charge on any atom is 0.0594 e. The van der Waals surface area contributed by atoms with Gasteiger partial charge in [0.2, 0.25) is 0 Å². The number of hydrogen-bond donors (Lipinski definition) is 1. The predicted octanol–water partition coefficient (Wildman–Crippen LogP) is 1.02. The van der Waals surface area contributed by atoms with Crippen molar-refractivity contribution in [1.82, 2.24) is 10.2 Å². The lowest BCUT2D eigenvalue weighted by molar-refractivity contribution is 0.0433. The van der Waals surface area contributed by atoms with Gasteiger partial charge in [-0.15, -0.1) is 0 Å². The van der Waals surface area contributed by atoms with Crippen LogP contribution in [-0.2, 0) is 4.74 Å². The van der Waals surface area contributed by atoms with Crippen LogP contribution in [0.15, 0.2) is 11.6 Å². The average Bonchev–Trinajstić information content (AvgIpc) is 2.56. The van der Waals surface area contributed by atoms with Crippen LogP contribution < -0.4 is 5.32 Å². The van der Waals surface area contributed by atoms with Crippen LogP contribution >= 0.6 is 0 Å². The summed E-state index contributed by atoms with van der Waals surface area (Å²) >= 11 is 0. The molecule has 0 saturated carbocycles. The molecule has 0 aromatic rings. The molecule has 0 radical (unpaired) electrons. The molecule has 2 fully saturated rings. The highest BCUT2D eigenvalue weighted by Crippen LogP contribution is 2.12. The Balaban J connectivity index is 1.75. The van der Waals surface area contributed by atoms with Gasteiger partial charge in [0, 0.05) is 19.6 Å². The number of nitrogens with zero attached hydrogens (tertiary/aromatic N) is 1. The summed E-state index contributed by atoms with van der Waals surface area (Å²) < 4.78 is 5.34. The maximum absolute atomic E-state index is 5.34. The van der Waals surface area contributed by atoms with Gasteiger partial charge in [-0.25, -0.2) is 0 Å². The molecule has 0 amide bonds. The minimum absolute atomic E-state index is 0.907. The fourth-order valence-electron chi connectivity index (χ4n) is 2.19. The van der Waals surface area contributed by atoms with Crippen LogP contribution in [0.4, 0.5) is 0 Å². The molecule has 0 atom stereocenters. The lowest BCUT2D eigenvalue weighted by Crippen LogP contribution is -2.36. The van der Waals surface area contributed by atoms with Gasteiger partial charge in [-0.2, -0.15) is 0 Å². The first-order chi connectivity index (χ1) is 7.45. The molecule has 2 rings (SSSR count). The molecule has 0 aliphatic carbocycles. The summed E-state index contributed by atoms with van der Waals surface area (Å²) in [4.78, 5) is 2.48. The zero-order valence-corrected chi connectivity index (χ0v) is 9.50. The zero-order chi connectivity index (χ0) is 10.3. The number of nitrogens with one attached hydrogen (secondary N) is 1. The van der Waals surface area contributed by atoms with E-state index in [0.717, 1.165) is 39.4 Å². The summed E-state index contributed by atoms with van der Waals surface area (Å²) in [6.45, 7) is 7.49. The van der Waals surface area contributed by atoms with E-state index < -0.39 is 0 Å². The quantitative estimate of drug-likeness (QED) is 0.689. The lowest BCUT2D eigenvalue weighted by Gasteiger charge is -2.25. The van der Waals surface area contributed by atoms with Gasteiger partial charge in [-0.1, -0.05) is 11.6 Å². The van der Waals surface area contributed by atoms with Gasteiger partial charge in [0.1, 0.15) is 0 Å². The minimum atomic E-state index is 0.907. The molecule has 0 unspecified atom stereocenters. The van der Waals surface area contributed by atoms with Gasteiger partial charge in [0.05, 0.1) is 13.2 Å². The highest BCUT2D eigenvalue weighted by Gasteiger charge is 2.09. The molecule has 86 valence electrons. The Labute approximate surface area is 92.5 Å². The first kappa shape index (κ1) is 11.1. The van der Waals surface area contributed by atoms with Crippen molar-refractivity contribution in [3.05, 3.63) is 11.6 Å².